The number of ketones is 1. The molecule has 0 unspecified atom stereocenters. The number of pyridine rings is 1. The first-order chi connectivity index (χ1) is 22.5. The van der Waals surface area contributed by atoms with E-state index >= 15 is 0 Å². The van der Waals surface area contributed by atoms with Crippen molar-refractivity contribution in [2.45, 2.75) is 145 Å². The third kappa shape index (κ3) is 4.76. The standard InChI is InChI=1S/C42H60N2O4/c1-27(45)48-34-15-16-40(6)33(37(34,2)3)14-17-42(8)35(40)32(46)24-29-30-25-39(5,19-18-38(30,4)20-21-41(29,42)7)36(47)44-23-10-9-13-31(44)28-12-11-22-43-26-28/h11-12,22,24,26,30-31,33-35H,9-10,13-21,23,25H2,1-8H3/t30-,31+,33+,34+,35+,38+,39+,40+,41-,42+/m0/s1. The van der Waals surface area contributed by atoms with Crippen LogP contribution in [0.1, 0.15) is 144 Å². The van der Waals surface area contributed by atoms with E-state index in [4.69, 9.17) is 4.74 Å². The lowest BCUT2D eigenvalue weighted by Crippen LogP contribution is -2.67. The molecule has 6 heteroatoms. The van der Waals surface area contributed by atoms with Crippen LogP contribution >= 0.6 is 0 Å². The second kappa shape index (κ2) is 11.3. The Morgan fingerprint density at radius 2 is 1.67 bits per heavy atom. The van der Waals surface area contributed by atoms with Crippen LogP contribution < -0.4 is 0 Å². The van der Waals surface area contributed by atoms with E-state index in [9.17, 15) is 14.4 Å². The highest BCUT2D eigenvalue weighted by atomic mass is 16.5. The molecule has 0 N–H and O–H groups in total. The van der Waals surface area contributed by atoms with Crippen molar-refractivity contribution >= 4 is 17.7 Å². The number of nitrogens with zero attached hydrogens (tertiary/aromatic N) is 2. The van der Waals surface area contributed by atoms with Crippen molar-refractivity contribution in [1.82, 2.24) is 9.88 Å². The molecule has 1 aliphatic heterocycles. The summed E-state index contributed by atoms with van der Waals surface area (Å²) in [6.07, 6.45) is 17.7. The summed E-state index contributed by atoms with van der Waals surface area (Å²) in [5, 5.41) is 0. The molecule has 2 heterocycles. The molecule has 0 spiro atoms. The molecule has 0 bridgehead atoms. The molecule has 48 heavy (non-hydrogen) atoms. The fourth-order valence-electron chi connectivity index (χ4n) is 13.2. The SMILES string of the molecule is CC(=O)O[C@@H]1CC[C@]2(C)[C@H](CC[C@]3(C)[C@@H]2C(=O)C=C2[C@@H]4C[C@](C)(C(=O)N5CCCC[C@@H]5c5cccnc5)CC[C@]4(C)CC[C@@]23C)C1(C)C. The largest absolute Gasteiger partial charge is 0.462 e. The lowest BCUT2D eigenvalue weighted by molar-refractivity contribution is -0.210. The summed E-state index contributed by atoms with van der Waals surface area (Å²) in [5.41, 5.74) is 1.57. The van der Waals surface area contributed by atoms with E-state index in [0.717, 1.165) is 89.2 Å². The minimum atomic E-state index is -0.454. The number of likely N-dealkylation sites (tertiary alicyclic amines) is 1. The van der Waals surface area contributed by atoms with Gasteiger partial charge in [-0.1, -0.05) is 60.1 Å². The van der Waals surface area contributed by atoms with Crippen molar-refractivity contribution in [2.24, 2.45) is 50.2 Å². The summed E-state index contributed by atoms with van der Waals surface area (Å²) >= 11 is 0. The smallest absolute Gasteiger partial charge is 0.302 e. The molecule has 262 valence electrons. The number of carbonyl (C=O) groups is 3. The third-order valence-corrected chi connectivity index (χ3v) is 16.2. The molecule has 6 aliphatic rings. The van der Waals surface area contributed by atoms with Crippen molar-refractivity contribution in [2.75, 3.05) is 6.54 Å². The normalized spacial score (nSPS) is 45.1. The molecule has 5 fully saturated rings. The van der Waals surface area contributed by atoms with Gasteiger partial charge in [0, 0.05) is 42.6 Å². The molecule has 0 aromatic carbocycles. The average molecular weight is 657 g/mol. The van der Waals surface area contributed by atoms with Crippen molar-refractivity contribution in [1.29, 1.82) is 0 Å². The fourth-order valence-corrected chi connectivity index (χ4v) is 13.2. The maximum Gasteiger partial charge on any atom is 0.302 e. The topological polar surface area (TPSA) is 76.6 Å². The predicted octanol–water partition coefficient (Wildman–Crippen LogP) is 9.05. The van der Waals surface area contributed by atoms with Gasteiger partial charge in [-0.15, -0.1) is 0 Å². The van der Waals surface area contributed by atoms with Crippen LogP contribution in [0, 0.1) is 50.2 Å². The highest BCUT2D eigenvalue weighted by molar-refractivity contribution is 5.96. The lowest BCUT2D eigenvalue weighted by Gasteiger charge is -2.70. The Hall–Kier alpha value is -2.50. The lowest BCUT2D eigenvalue weighted by atomic mass is 9.33. The maximum atomic E-state index is 14.8. The zero-order valence-electron chi connectivity index (χ0n) is 31.0. The molecule has 7 rings (SSSR count). The number of carbonyl (C=O) groups excluding carboxylic acids is 3. The maximum absolute atomic E-state index is 14.8. The van der Waals surface area contributed by atoms with Crippen LogP contribution in [0.2, 0.25) is 0 Å². The second-order valence-electron chi connectivity index (χ2n) is 19.0. The summed E-state index contributed by atoms with van der Waals surface area (Å²) in [7, 11) is 0. The van der Waals surface area contributed by atoms with Crippen LogP contribution in [-0.4, -0.2) is 40.2 Å². The number of hydrogen-bond donors (Lipinski definition) is 0. The van der Waals surface area contributed by atoms with Gasteiger partial charge in [0.05, 0.1) is 6.04 Å². The molecule has 5 aliphatic carbocycles. The van der Waals surface area contributed by atoms with Crippen LogP contribution in [0.3, 0.4) is 0 Å². The van der Waals surface area contributed by atoms with Gasteiger partial charge >= 0.3 is 5.97 Å². The number of allylic oxidation sites excluding steroid dienone is 2. The molecule has 1 aromatic heterocycles. The summed E-state index contributed by atoms with van der Waals surface area (Å²) < 4.78 is 5.91. The molecule has 1 saturated heterocycles. The number of ether oxygens (including phenoxy) is 1. The van der Waals surface area contributed by atoms with Crippen molar-refractivity contribution < 1.29 is 19.1 Å². The van der Waals surface area contributed by atoms with Crippen LogP contribution in [0.4, 0.5) is 0 Å². The van der Waals surface area contributed by atoms with Gasteiger partial charge in [0.25, 0.3) is 0 Å². The Kier molecular flexibility index (Phi) is 7.96. The minimum Gasteiger partial charge on any atom is -0.462 e. The molecule has 4 saturated carbocycles. The van der Waals surface area contributed by atoms with Gasteiger partial charge in [-0.05, 0) is 128 Å². The van der Waals surface area contributed by atoms with Crippen LogP contribution in [0.25, 0.3) is 0 Å². The van der Waals surface area contributed by atoms with Gasteiger partial charge in [-0.2, -0.15) is 0 Å². The molecule has 0 radical (unpaired) electrons. The van der Waals surface area contributed by atoms with Crippen LogP contribution in [0.15, 0.2) is 36.2 Å². The van der Waals surface area contributed by atoms with Crippen molar-refractivity contribution in [3.63, 3.8) is 0 Å². The van der Waals surface area contributed by atoms with E-state index in [-0.39, 0.29) is 57.0 Å². The molecule has 1 amide bonds. The highest BCUT2D eigenvalue weighted by Crippen LogP contribution is 2.75. The Morgan fingerprint density at radius 3 is 2.38 bits per heavy atom. The van der Waals surface area contributed by atoms with E-state index in [0.29, 0.717) is 17.6 Å². The number of hydrogen-bond acceptors (Lipinski definition) is 5. The first-order valence-corrected chi connectivity index (χ1v) is 19.1. The second-order valence-corrected chi connectivity index (χ2v) is 19.0. The van der Waals surface area contributed by atoms with Gasteiger partial charge in [0.2, 0.25) is 5.91 Å². The first kappa shape index (κ1) is 34.0. The van der Waals surface area contributed by atoms with E-state index in [1.54, 1.807) is 0 Å². The van der Waals surface area contributed by atoms with Gasteiger partial charge in [0.15, 0.2) is 5.78 Å². The molecule has 6 nitrogen and oxygen atoms in total. The number of fused-ring (bicyclic) bond motifs is 7. The van der Waals surface area contributed by atoms with Crippen LogP contribution in [-0.2, 0) is 19.1 Å². The average Bonchev–Trinajstić information content (AvgIpc) is 3.04. The summed E-state index contributed by atoms with van der Waals surface area (Å²) in [6, 6.07) is 4.21. The number of aromatic nitrogens is 1. The summed E-state index contributed by atoms with van der Waals surface area (Å²) in [6.45, 7) is 18.9. The highest BCUT2D eigenvalue weighted by Gasteiger charge is 2.70. The molecule has 1 aromatic rings. The first-order valence-electron chi connectivity index (χ1n) is 19.1. The number of rotatable bonds is 3. The fraction of sp³-hybridized carbons (Fsp3) is 0.762. The Bertz CT molecular complexity index is 1520. The minimum absolute atomic E-state index is 0.0513. The molecular formula is C42H60N2O4. The zero-order valence-corrected chi connectivity index (χ0v) is 31.0. The van der Waals surface area contributed by atoms with E-state index in [1.807, 2.05) is 18.5 Å². The van der Waals surface area contributed by atoms with E-state index < -0.39 is 5.41 Å². The van der Waals surface area contributed by atoms with Gasteiger partial charge in [-0.25, -0.2) is 0 Å². The Morgan fingerprint density at radius 1 is 0.917 bits per heavy atom. The predicted molar refractivity (Wildman–Crippen MR) is 188 cm³/mol. The monoisotopic (exact) mass is 656 g/mol. The van der Waals surface area contributed by atoms with Crippen LogP contribution in [0.5, 0.6) is 0 Å². The van der Waals surface area contributed by atoms with Gasteiger partial charge in [0.1, 0.15) is 6.10 Å². The van der Waals surface area contributed by atoms with E-state index in [1.165, 1.54) is 12.5 Å². The Balaban J connectivity index is 1.22. The third-order valence-electron chi connectivity index (χ3n) is 16.2. The summed E-state index contributed by atoms with van der Waals surface area (Å²) in [5.74, 6) is 0.896. The van der Waals surface area contributed by atoms with E-state index in [2.05, 4.69) is 70.5 Å². The number of amides is 1. The summed E-state index contributed by atoms with van der Waals surface area (Å²) in [4.78, 5) is 48.3. The van der Waals surface area contributed by atoms with Crippen molar-refractivity contribution in [3.05, 3.63) is 41.7 Å². The van der Waals surface area contributed by atoms with Gasteiger partial charge < -0.3 is 9.64 Å². The number of piperidine rings is 1. The number of esters is 1. The molecule has 10 atom stereocenters. The molecular weight excluding hydrogens is 596 g/mol. The quantitative estimate of drug-likeness (QED) is 0.304. The van der Waals surface area contributed by atoms with Crippen molar-refractivity contribution in [3.8, 4) is 0 Å². The zero-order chi connectivity index (χ0) is 34.5. The Labute approximate surface area is 289 Å². The van der Waals surface area contributed by atoms with Gasteiger partial charge in [-0.3, -0.25) is 19.4 Å².